The van der Waals surface area contributed by atoms with Crippen LogP contribution in [0.2, 0.25) is 0 Å². The molecular formula is C15H20N4O2. The Kier molecular flexibility index (Phi) is 4.01. The van der Waals surface area contributed by atoms with Gasteiger partial charge < -0.3 is 14.8 Å². The zero-order valence-electron chi connectivity index (χ0n) is 12.3. The van der Waals surface area contributed by atoms with E-state index in [1.54, 1.807) is 0 Å². The summed E-state index contributed by atoms with van der Waals surface area (Å²) < 4.78 is 11.3. The minimum Gasteiger partial charge on any atom is -0.348 e. The molecule has 1 fully saturated rings. The van der Waals surface area contributed by atoms with Crippen molar-refractivity contribution < 1.29 is 9.47 Å². The summed E-state index contributed by atoms with van der Waals surface area (Å²) in [5, 5.41) is 14.5. The molecule has 2 aromatic rings. The Hall–Kier alpha value is -1.76. The molecule has 21 heavy (non-hydrogen) atoms. The molecule has 2 N–H and O–H groups in total. The first kappa shape index (κ1) is 14.2. The van der Waals surface area contributed by atoms with Crippen LogP contribution in [0.1, 0.15) is 19.5 Å². The maximum absolute atomic E-state index is 5.75. The molecule has 1 unspecified atom stereocenters. The van der Waals surface area contributed by atoms with Crippen LogP contribution in [0.4, 0.5) is 0 Å². The predicted octanol–water partition coefficient (Wildman–Crippen LogP) is 1.71. The molecule has 1 aromatic heterocycles. The van der Waals surface area contributed by atoms with Gasteiger partial charge in [0.1, 0.15) is 11.4 Å². The van der Waals surface area contributed by atoms with E-state index in [1.165, 1.54) is 0 Å². The van der Waals surface area contributed by atoms with Crippen LogP contribution in [-0.4, -0.2) is 40.5 Å². The largest absolute Gasteiger partial charge is 0.348 e. The van der Waals surface area contributed by atoms with Gasteiger partial charge in [-0.25, -0.2) is 0 Å². The highest BCUT2D eigenvalue weighted by Gasteiger charge is 2.32. The van der Waals surface area contributed by atoms with Gasteiger partial charge in [-0.1, -0.05) is 30.3 Å². The second kappa shape index (κ2) is 5.93. The fraction of sp³-hybridized carbons (Fsp3) is 0.467. The van der Waals surface area contributed by atoms with Crippen LogP contribution < -0.4 is 5.32 Å². The van der Waals surface area contributed by atoms with E-state index >= 15 is 0 Å². The normalized spacial score (nSPS) is 20.8. The second-order valence-electron chi connectivity index (χ2n) is 5.57. The van der Waals surface area contributed by atoms with Crippen molar-refractivity contribution in [2.24, 2.45) is 0 Å². The lowest BCUT2D eigenvalue weighted by Gasteiger charge is -2.17. The summed E-state index contributed by atoms with van der Waals surface area (Å²) in [4.78, 5) is 0. The zero-order valence-corrected chi connectivity index (χ0v) is 12.3. The number of aromatic amines is 1. The number of aromatic nitrogens is 3. The SMILES string of the molecule is CC1(C)OCC(CNCc2n[nH]nc2-c2ccccc2)O1. The Morgan fingerprint density at radius 2 is 2.10 bits per heavy atom. The van der Waals surface area contributed by atoms with Gasteiger partial charge in [0.25, 0.3) is 0 Å². The third kappa shape index (κ3) is 3.47. The summed E-state index contributed by atoms with van der Waals surface area (Å²) in [6, 6.07) is 10.0. The quantitative estimate of drug-likeness (QED) is 0.876. The number of nitrogens with zero attached hydrogens (tertiary/aromatic N) is 2. The molecule has 0 amide bonds. The van der Waals surface area contributed by atoms with E-state index in [9.17, 15) is 0 Å². The Balaban J connectivity index is 1.56. The molecule has 6 nitrogen and oxygen atoms in total. The molecule has 0 saturated carbocycles. The molecule has 0 spiro atoms. The molecule has 2 heterocycles. The highest BCUT2D eigenvalue weighted by Crippen LogP contribution is 2.22. The summed E-state index contributed by atoms with van der Waals surface area (Å²) in [5.74, 6) is -0.477. The lowest BCUT2D eigenvalue weighted by atomic mass is 10.1. The number of nitrogens with one attached hydrogen (secondary N) is 2. The van der Waals surface area contributed by atoms with Gasteiger partial charge in [-0.3, -0.25) is 0 Å². The number of rotatable bonds is 5. The van der Waals surface area contributed by atoms with Crippen LogP contribution in [0, 0.1) is 0 Å². The average Bonchev–Trinajstić information content (AvgIpc) is 3.06. The fourth-order valence-electron chi connectivity index (χ4n) is 2.42. The van der Waals surface area contributed by atoms with E-state index in [-0.39, 0.29) is 6.10 Å². The van der Waals surface area contributed by atoms with Gasteiger partial charge in [-0.15, -0.1) is 0 Å². The van der Waals surface area contributed by atoms with Crippen molar-refractivity contribution in [1.29, 1.82) is 0 Å². The molecule has 1 atom stereocenters. The molecule has 0 aliphatic carbocycles. The number of H-pyrrole nitrogens is 1. The number of hydrogen-bond acceptors (Lipinski definition) is 5. The molecule has 1 aromatic carbocycles. The van der Waals surface area contributed by atoms with Crippen molar-refractivity contribution in [2.45, 2.75) is 32.3 Å². The Bertz CT molecular complexity index is 582. The van der Waals surface area contributed by atoms with Crippen LogP contribution in [0.25, 0.3) is 11.3 Å². The third-order valence-electron chi connectivity index (χ3n) is 3.40. The first-order chi connectivity index (χ1) is 10.1. The zero-order chi connectivity index (χ0) is 14.7. The first-order valence-corrected chi connectivity index (χ1v) is 7.11. The summed E-state index contributed by atoms with van der Waals surface area (Å²) in [6.07, 6.45) is 0.0760. The van der Waals surface area contributed by atoms with Gasteiger partial charge in [0, 0.05) is 18.7 Å². The number of hydrogen-bond donors (Lipinski definition) is 2. The van der Waals surface area contributed by atoms with Crippen LogP contribution in [0.3, 0.4) is 0 Å². The minimum atomic E-state index is -0.477. The summed E-state index contributed by atoms with van der Waals surface area (Å²) in [6.45, 7) is 5.84. The maximum Gasteiger partial charge on any atom is 0.163 e. The van der Waals surface area contributed by atoms with Gasteiger partial charge in [0.2, 0.25) is 0 Å². The van der Waals surface area contributed by atoms with Crippen molar-refractivity contribution in [1.82, 2.24) is 20.7 Å². The molecular weight excluding hydrogens is 268 g/mol. The highest BCUT2D eigenvalue weighted by molar-refractivity contribution is 5.60. The Labute approximate surface area is 123 Å². The van der Waals surface area contributed by atoms with E-state index in [0.717, 1.165) is 23.5 Å². The molecule has 0 bridgehead atoms. The fourth-order valence-corrected chi connectivity index (χ4v) is 2.42. The third-order valence-corrected chi connectivity index (χ3v) is 3.40. The lowest BCUT2D eigenvalue weighted by Crippen LogP contribution is -2.30. The van der Waals surface area contributed by atoms with Crippen LogP contribution >= 0.6 is 0 Å². The topological polar surface area (TPSA) is 72.1 Å². The van der Waals surface area contributed by atoms with E-state index in [2.05, 4.69) is 20.7 Å². The summed E-state index contributed by atoms with van der Waals surface area (Å²) >= 11 is 0. The van der Waals surface area contributed by atoms with E-state index in [0.29, 0.717) is 13.2 Å². The average molecular weight is 288 g/mol. The summed E-state index contributed by atoms with van der Waals surface area (Å²) in [5.41, 5.74) is 2.84. The number of benzene rings is 1. The van der Waals surface area contributed by atoms with Crippen molar-refractivity contribution >= 4 is 0 Å². The molecule has 112 valence electrons. The molecule has 1 aliphatic heterocycles. The van der Waals surface area contributed by atoms with Crippen molar-refractivity contribution in [3.8, 4) is 11.3 Å². The van der Waals surface area contributed by atoms with Crippen molar-refractivity contribution in [3.63, 3.8) is 0 Å². The van der Waals surface area contributed by atoms with E-state index in [4.69, 9.17) is 9.47 Å². The lowest BCUT2D eigenvalue weighted by molar-refractivity contribution is -0.137. The van der Waals surface area contributed by atoms with Gasteiger partial charge in [-0.05, 0) is 13.8 Å². The monoisotopic (exact) mass is 288 g/mol. The summed E-state index contributed by atoms with van der Waals surface area (Å²) in [7, 11) is 0. The van der Waals surface area contributed by atoms with E-state index in [1.807, 2.05) is 44.2 Å². The molecule has 1 saturated heterocycles. The van der Waals surface area contributed by atoms with Crippen molar-refractivity contribution in [3.05, 3.63) is 36.0 Å². The van der Waals surface area contributed by atoms with Gasteiger partial charge in [0.05, 0.1) is 12.7 Å². The smallest absolute Gasteiger partial charge is 0.163 e. The second-order valence-corrected chi connectivity index (χ2v) is 5.57. The standard InChI is InChI=1S/C15H20N4O2/c1-15(2)20-10-12(21-15)8-16-9-13-14(18-19-17-13)11-6-4-3-5-7-11/h3-7,12,16H,8-10H2,1-2H3,(H,17,18,19). The van der Waals surface area contributed by atoms with Crippen LogP contribution in [0.5, 0.6) is 0 Å². The van der Waals surface area contributed by atoms with Gasteiger partial charge in [0.15, 0.2) is 5.79 Å². The van der Waals surface area contributed by atoms with Gasteiger partial charge in [-0.2, -0.15) is 15.4 Å². The highest BCUT2D eigenvalue weighted by atomic mass is 16.7. The van der Waals surface area contributed by atoms with Crippen LogP contribution in [0.15, 0.2) is 30.3 Å². The van der Waals surface area contributed by atoms with Crippen molar-refractivity contribution in [2.75, 3.05) is 13.2 Å². The van der Waals surface area contributed by atoms with E-state index < -0.39 is 5.79 Å². The Morgan fingerprint density at radius 1 is 1.29 bits per heavy atom. The molecule has 1 aliphatic rings. The molecule has 0 radical (unpaired) electrons. The maximum atomic E-state index is 5.75. The minimum absolute atomic E-state index is 0.0760. The Morgan fingerprint density at radius 3 is 2.81 bits per heavy atom. The predicted molar refractivity (Wildman–Crippen MR) is 78.4 cm³/mol. The van der Waals surface area contributed by atoms with Crippen LogP contribution in [-0.2, 0) is 16.0 Å². The van der Waals surface area contributed by atoms with Gasteiger partial charge >= 0.3 is 0 Å². The number of ether oxygens (including phenoxy) is 2. The molecule has 6 heteroatoms. The molecule has 3 rings (SSSR count). The first-order valence-electron chi connectivity index (χ1n) is 7.11.